The van der Waals surface area contributed by atoms with Gasteiger partial charge in [-0.15, -0.1) is 0 Å². The van der Waals surface area contributed by atoms with Gasteiger partial charge < -0.3 is 21.1 Å². The Balaban J connectivity index is 2.66. The first kappa shape index (κ1) is 9.40. The second kappa shape index (κ2) is 3.36. The van der Waals surface area contributed by atoms with E-state index in [4.69, 9.17) is 10.8 Å². The van der Waals surface area contributed by atoms with Crippen molar-refractivity contribution in [2.45, 2.75) is 24.3 Å². The largest absolute Gasteiger partial charge is 0.395 e. The number of carbonyl (C=O) groups excluding carboxylic acids is 1. The molecule has 0 spiro atoms. The predicted molar refractivity (Wildman–Crippen MR) is 39.0 cm³/mol. The first-order chi connectivity index (χ1) is 5.57. The summed E-state index contributed by atoms with van der Waals surface area (Å²) < 4.78 is 0. The van der Waals surface area contributed by atoms with Gasteiger partial charge in [-0.1, -0.05) is 0 Å². The molecule has 1 rings (SSSR count). The molecule has 1 amide bonds. The average molecular weight is 176 g/mol. The number of aliphatic hydroxyl groups is 3. The lowest BCUT2D eigenvalue weighted by Crippen LogP contribution is -2.45. The van der Waals surface area contributed by atoms with Gasteiger partial charge in [-0.2, -0.15) is 0 Å². The topological polar surface area (TPSA) is 116 Å². The van der Waals surface area contributed by atoms with Gasteiger partial charge in [-0.3, -0.25) is 10.1 Å². The summed E-state index contributed by atoms with van der Waals surface area (Å²) in [7, 11) is 0. The van der Waals surface area contributed by atoms with Gasteiger partial charge in [-0.05, 0) is 0 Å². The highest BCUT2D eigenvalue weighted by Gasteiger charge is 2.43. The van der Waals surface area contributed by atoms with E-state index in [1.165, 1.54) is 0 Å². The first-order valence-electron chi connectivity index (χ1n) is 3.60. The lowest BCUT2D eigenvalue weighted by molar-refractivity contribution is -0.122. The van der Waals surface area contributed by atoms with Gasteiger partial charge in [0.1, 0.15) is 12.1 Å². The maximum Gasteiger partial charge on any atom is 0.237 e. The Kier molecular flexibility index (Phi) is 2.63. The molecule has 6 N–H and O–H groups in total. The Hall–Kier alpha value is -0.690. The van der Waals surface area contributed by atoms with Crippen molar-refractivity contribution in [2.75, 3.05) is 6.61 Å². The van der Waals surface area contributed by atoms with Crippen LogP contribution in [0.3, 0.4) is 0 Å². The van der Waals surface area contributed by atoms with Crippen LogP contribution in [-0.2, 0) is 4.79 Å². The Morgan fingerprint density at radius 2 is 2.00 bits per heavy atom. The summed E-state index contributed by atoms with van der Waals surface area (Å²) in [6.45, 7) is -0.345. The van der Waals surface area contributed by atoms with Crippen LogP contribution < -0.4 is 11.1 Å². The van der Waals surface area contributed by atoms with Gasteiger partial charge in [0.15, 0.2) is 0 Å². The van der Waals surface area contributed by atoms with E-state index in [2.05, 4.69) is 5.32 Å². The number of hydrogen-bond donors (Lipinski definition) is 5. The predicted octanol–water partition coefficient (Wildman–Crippen LogP) is -3.47. The molecule has 12 heavy (non-hydrogen) atoms. The maximum absolute atomic E-state index is 10.6. The molecule has 0 bridgehead atoms. The molecule has 70 valence electrons. The fraction of sp³-hybridized carbons (Fsp3) is 0.833. The molecule has 4 atom stereocenters. The third kappa shape index (κ3) is 1.42. The van der Waals surface area contributed by atoms with Crippen LogP contribution in [0.5, 0.6) is 0 Å². The van der Waals surface area contributed by atoms with Crippen LogP contribution in [0.1, 0.15) is 0 Å². The van der Waals surface area contributed by atoms with E-state index in [1.807, 2.05) is 0 Å². The number of hydrogen-bond acceptors (Lipinski definition) is 5. The van der Waals surface area contributed by atoms with Crippen LogP contribution in [0.25, 0.3) is 0 Å². The Bertz CT molecular complexity index is 186. The maximum atomic E-state index is 10.6. The van der Waals surface area contributed by atoms with E-state index < -0.39 is 30.2 Å². The van der Waals surface area contributed by atoms with Crippen molar-refractivity contribution in [1.82, 2.24) is 5.32 Å². The molecular weight excluding hydrogens is 164 g/mol. The Morgan fingerprint density at radius 1 is 1.42 bits per heavy atom. The van der Waals surface area contributed by atoms with Crippen molar-refractivity contribution in [3.05, 3.63) is 0 Å². The number of aliphatic hydroxyl groups excluding tert-OH is 3. The molecule has 0 aromatic rings. The number of nitrogens with two attached hydrogens (primary N) is 1. The van der Waals surface area contributed by atoms with E-state index in [0.717, 1.165) is 0 Å². The van der Waals surface area contributed by atoms with E-state index in [1.54, 1.807) is 0 Å². The third-order valence-corrected chi connectivity index (χ3v) is 2.00. The highest BCUT2D eigenvalue weighted by atomic mass is 16.3. The Labute approximate surface area is 69.0 Å². The SMILES string of the molecule is NC(=O)[C@H]1N[C@@H](CO)[C@@H](O)[C@@H]1O. The van der Waals surface area contributed by atoms with Crippen molar-refractivity contribution in [2.24, 2.45) is 5.73 Å². The second-order valence-corrected chi connectivity index (χ2v) is 2.82. The summed E-state index contributed by atoms with van der Waals surface area (Å²) in [6, 6.07) is -1.66. The van der Waals surface area contributed by atoms with Gasteiger partial charge in [-0.25, -0.2) is 0 Å². The van der Waals surface area contributed by atoms with Crippen LogP contribution >= 0.6 is 0 Å². The summed E-state index contributed by atoms with van der Waals surface area (Å²) in [5, 5.41) is 29.6. The molecule has 1 aliphatic rings. The van der Waals surface area contributed by atoms with Crippen molar-refractivity contribution < 1.29 is 20.1 Å². The first-order valence-corrected chi connectivity index (χ1v) is 3.60. The molecule has 1 heterocycles. The molecule has 1 saturated heterocycles. The minimum absolute atomic E-state index is 0.345. The summed E-state index contributed by atoms with van der Waals surface area (Å²) in [6.07, 6.45) is -2.38. The smallest absolute Gasteiger partial charge is 0.237 e. The fourth-order valence-corrected chi connectivity index (χ4v) is 1.27. The lowest BCUT2D eigenvalue weighted by atomic mass is 10.1. The van der Waals surface area contributed by atoms with E-state index in [0.29, 0.717) is 0 Å². The molecular formula is C6H12N2O4. The molecule has 1 aliphatic heterocycles. The van der Waals surface area contributed by atoms with Crippen LogP contribution in [0, 0.1) is 0 Å². The zero-order valence-electron chi connectivity index (χ0n) is 6.34. The lowest BCUT2D eigenvalue weighted by Gasteiger charge is -2.12. The number of amides is 1. The zero-order valence-corrected chi connectivity index (χ0v) is 6.34. The van der Waals surface area contributed by atoms with Gasteiger partial charge in [0, 0.05) is 0 Å². The quantitative estimate of drug-likeness (QED) is 0.300. The molecule has 0 radical (unpaired) electrons. The zero-order chi connectivity index (χ0) is 9.30. The van der Waals surface area contributed by atoms with Crippen molar-refractivity contribution in [3.63, 3.8) is 0 Å². The molecule has 0 saturated carbocycles. The van der Waals surface area contributed by atoms with Gasteiger partial charge >= 0.3 is 0 Å². The standard InChI is InChI=1S/C6H12N2O4/c7-6(12)3-5(11)4(10)2(1-9)8-3/h2-5,8-11H,1H2,(H2,7,12)/t2-,3-,4+,5+/m0/s1. The van der Waals surface area contributed by atoms with Crippen molar-refractivity contribution >= 4 is 5.91 Å². The normalized spacial score (nSPS) is 41.6. The molecule has 0 unspecified atom stereocenters. The minimum Gasteiger partial charge on any atom is -0.395 e. The monoisotopic (exact) mass is 176 g/mol. The summed E-state index contributed by atoms with van der Waals surface area (Å²) in [4.78, 5) is 10.6. The van der Waals surface area contributed by atoms with Crippen LogP contribution in [-0.4, -0.2) is 52.1 Å². The van der Waals surface area contributed by atoms with Crippen LogP contribution in [0.2, 0.25) is 0 Å². The average Bonchev–Trinajstić information content (AvgIpc) is 2.30. The van der Waals surface area contributed by atoms with E-state index in [9.17, 15) is 15.0 Å². The van der Waals surface area contributed by atoms with Crippen molar-refractivity contribution in [1.29, 1.82) is 0 Å². The number of nitrogens with one attached hydrogen (secondary N) is 1. The molecule has 6 heteroatoms. The number of rotatable bonds is 2. The molecule has 1 fully saturated rings. The molecule has 0 aromatic heterocycles. The second-order valence-electron chi connectivity index (χ2n) is 2.82. The summed E-state index contributed by atoms with van der Waals surface area (Å²) >= 11 is 0. The van der Waals surface area contributed by atoms with Crippen molar-refractivity contribution in [3.8, 4) is 0 Å². The third-order valence-electron chi connectivity index (χ3n) is 2.00. The fourth-order valence-electron chi connectivity index (χ4n) is 1.27. The molecule has 0 aliphatic carbocycles. The van der Waals surface area contributed by atoms with Crippen LogP contribution in [0.4, 0.5) is 0 Å². The minimum atomic E-state index is -1.24. The van der Waals surface area contributed by atoms with Crippen LogP contribution in [0.15, 0.2) is 0 Å². The van der Waals surface area contributed by atoms with Gasteiger partial charge in [0.2, 0.25) is 5.91 Å². The van der Waals surface area contributed by atoms with E-state index in [-0.39, 0.29) is 6.61 Å². The summed E-state index contributed by atoms with van der Waals surface area (Å²) in [5.41, 5.74) is 4.91. The summed E-state index contributed by atoms with van der Waals surface area (Å²) in [5.74, 6) is -0.738. The van der Waals surface area contributed by atoms with E-state index >= 15 is 0 Å². The number of carbonyl (C=O) groups is 1. The highest BCUT2D eigenvalue weighted by Crippen LogP contribution is 2.13. The highest BCUT2D eigenvalue weighted by molar-refractivity contribution is 5.81. The Morgan fingerprint density at radius 3 is 2.25 bits per heavy atom. The number of primary amides is 1. The van der Waals surface area contributed by atoms with Gasteiger partial charge in [0.05, 0.1) is 18.8 Å². The molecule has 6 nitrogen and oxygen atoms in total. The molecule has 0 aromatic carbocycles. The van der Waals surface area contributed by atoms with Gasteiger partial charge in [0.25, 0.3) is 0 Å².